The minimum Gasteiger partial charge on any atom is -0.460 e. The average molecular weight is 304 g/mol. The summed E-state index contributed by atoms with van der Waals surface area (Å²) in [7, 11) is 0. The molecule has 112 valence electrons. The molecule has 5 nitrogen and oxygen atoms in total. The molecule has 0 aliphatic rings. The standard InChI is InChI=1S/C18H12N2O3/c21-16(17-14-7-3-1-6-13(14)11-23-17)10-20-9-12-5-2-4-8-15(12)19-18(20)22/h1-9,11H,10H2. The van der Waals surface area contributed by atoms with Crippen molar-refractivity contribution in [3.8, 4) is 0 Å². The molecule has 23 heavy (non-hydrogen) atoms. The van der Waals surface area contributed by atoms with E-state index in [1.54, 1.807) is 18.5 Å². The number of Topliss-reactive ketones (excluding diaryl/α,β-unsaturated/α-hetero) is 1. The number of carbonyl (C=O) groups excluding carboxylic acids is 1. The molecule has 0 aliphatic carbocycles. The first-order valence-corrected chi connectivity index (χ1v) is 7.18. The fraction of sp³-hybridized carbons (Fsp3) is 0.0556. The number of para-hydroxylation sites is 1. The van der Waals surface area contributed by atoms with E-state index in [1.807, 2.05) is 42.5 Å². The summed E-state index contributed by atoms with van der Waals surface area (Å²) in [5.74, 6) is 0.00559. The van der Waals surface area contributed by atoms with E-state index in [0.29, 0.717) is 5.52 Å². The predicted octanol–water partition coefficient (Wildman–Crippen LogP) is 3.03. The monoisotopic (exact) mass is 304 g/mol. The van der Waals surface area contributed by atoms with E-state index in [0.717, 1.165) is 16.2 Å². The van der Waals surface area contributed by atoms with Crippen LogP contribution in [0.2, 0.25) is 0 Å². The molecule has 0 saturated carbocycles. The van der Waals surface area contributed by atoms with Gasteiger partial charge in [0.05, 0.1) is 18.3 Å². The van der Waals surface area contributed by atoms with Crippen molar-refractivity contribution in [1.29, 1.82) is 0 Å². The third-order valence-corrected chi connectivity index (χ3v) is 3.77. The zero-order chi connectivity index (χ0) is 15.8. The highest BCUT2D eigenvalue weighted by Crippen LogP contribution is 2.21. The molecule has 2 aromatic heterocycles. The van der Waals surface area contributed by atoms with Crippen LogP contribution >= 0.6 is 0 Å². The molecule has 0 atom stereocenters. The van der Waals surface area contributed by atoms with Gasteiger partial charge in [-0.05, 0) is 6.07 Å². The summed E-state index contributed by atoms with van der Waals surface area (Å²) in [5, 5.41) is 2.42. The molecular weight excluding hydrogens is 292 g/mol. The maximum atomic E-state index is 12.5. The Labute approximate surface area is 130 Å². The molecule has 2 heterocycles. The van der Waals surface area contributed by atoms with Crippen molar-refractivity contribution in [2.75, 3.05) is 0 Å². The van der Waals surface area contributed by atoms with Crippen molar-refractivity contribution < 1.29 is 9.21 Å². The molecule has 0 saturated heterocycles. The molecule has 2 aromatic carbocycles. The van der Waals surface area contributed by atoms with E-state index in [9.17, 15) is 9.59 Å². The van der Waals surface area contributed by atoms with E-state index >= 15 is 0 Å². The van der Waals surface area contributed by atoms with Crippen LogP contribution in [0.15, 0.2) is 70.2 Å². The molecule has 5 heteroatoms. The van der Waals surface area contributed by atoms with Crippen LogP contribution in [0.1, 0.15) is 10.6 Å². The highest BCUT2D eigenvalue weighted by molar-refractivity contribution is 6.05. The lowest BCUT2D eigenvalue weighted by Gasteiger charge is -2.05. The summed E-state index contributed by atoms with van der Waals surface area (Å²) < 4.78 is 6.70. The lowest BCUT2D eigenvalue weighted by atomic mass is 10.1. The van der Waals surface area contributed by atoms with Crippen LogP contribution in [0.5, 0.6) is 0 Å². The Morgan fingerprint density at radius 3 is 2.65 bits per heavy atom. The number of carbonyl (C=O) groups is 1. The van der Waals surface area contributed by atoms with Crippen LogP contribution in [0.4, 0.5) is 0 Å². The van der Waals surface area contributed by atoms with E-state index in [2.05, 4.69) is 4.98 Å². The van der Waals surface area contributed by atoms with Crippen LogP contribution in [0.25, 0.3) is 21.7 Å². The maximum Gasteiger partial charge on any atom is 0.348 e. The number of ketones is 1. The SMILES string of the molecule is O=C(Cn1cc2ccccc2nc1=O)c1occ2ccccc12. The second-order valence-electron chi connectivity index (χ2n) is 5.29. The smallest absolute Gasteiger partial charge is 0.348 e. The van der Waals surface area contributed by atoms with Gasteiger partial charge in [0.25, 0.3) is 0 Å². The second kappa shape index (κ2) is 5.21. The number of rotatable bonds is 3. The van der Waals surface area contributed by atoms with Gasteiger partial charge in [-0.1, -0.05) is 42.5 Å². The Bertz CT molecular complexity index is 1090. The molecule has 0 aliphatic heterocycles. The maximum absolute atomic E-state index is 12.5. The normalized spacial score (nSPS) is 11.1. The summed E-state index contributed by atoms with van der Waals surface area (Å²) in [6.07, 6.45) is 3.19. The molecule has 0 unspecified atom stereocenters. The Hall–Kier alpha value is -3.21. The number of aromatic nitrogens is 2. The third kappa shape index (κ3) is 2.32. The van der Waals surface area contributed by atoms with Crippen LogP contribution in [-0.2, 0) is 6.54 Å². The van der Waals surface area contributed by atoms with Gasteiger partial charge in [-0.2, -0.15) is 4.98 Å². The molecule has 0 radical (unpaired) electrons. The van der Waals surface area contributed by atoms with Gasteiger partial charge in [0.1, 0.15) is 0 Å². The van der Waals surface area contributed by atoms with Crippen molar-refractivity contribution in [2.45, 2.75) is 6.54 Å². The number of fused-ring (bicyclic) bond motifs is 2. The molecule has 4 aromatic rings. The highest BCUT2D eigenvalue weighted by atomic mass is 16.3. The zero-order valence-corrected chi connectivity index (χ0v) is 12.1. The largest absolute Gasteiger partial charge is 0.460 e. The fourth-order valence-corrected chi connectivity index (χ4v) is 2.64. The Balaban J connectivity index is 1.74. The summed E-state index contributed by atoms with van der Waals surface area (Å²) in [6, 6.07) is 14.7. The molecule has 4 rings (SSSR count). The first-order valence-electron chi connectivity index (χ1n) is 7.18. The number of hydrogen-bond acceptors (Lipinski definition) is 4. The fourth-order valence-electron chi connectivity index (χ4n) is 2.64. The Morgan fingerprint density at radius 1 is 1.04 bits per heavy atom. The van der Waals surface area contributed by atoms with Gasteiger partial charge in [0, 0.05) is 22.4 Å². The molecule has 0 spiro atoms. The summed E-state index contributed by atoms with van der Waals surface area (Å²) in [5.41, 5.74) is 0.164. The second-order valence-corrected chi connectivity index (χ2v) is 5.29. The van der Waals surface area contributed by atoms with Crippen LogP contribution in [0.3, 0.4) is 0 Å². The number of furan rings is 1. The van der Waals surface area contributed by atoms with Gasteiger partial charge in [-0.15, -0.1) is 0 Å². The van der Waals surface area contributed by atoms with Gasteiger partial charge in [0.2, 0.25) is 5.78 Å². The van der Waals surface area contributed by atoms with E-state index in [-0.39, 0.29) is 18.1 Å². The number of benzene rings is 2. The Kier molecular flexibility index (Phi) is 3.05. The minimum atomic E-state index is -0.451. The average Bonchev–Trinajstić information content (AvgIpc) is 2.99. The zero-order valence-electron chi connectivity index (χ0n) is 12.1. The molecule has 0 bridgehead atoms. The van der Waals surface area contributed by atoms with Crippen molar-refractivity contribution in [1.82, 2.24) is 9.55 Å². The predicted molar refractivity (Wildman–Crippen MR) is 86.5 cm³/mol. The number of hydrogen-bond donors (Lipinski definition) is 0. The van der Waals surface area contributed by atoms with Gasteiger partial charge in [0.15, 0.2) is 5.76 Å². The van der Waals surface area contributed by atoms with E-state index < -0.39 is 5.69 Å². The van der Waals surface area contributed by atoms with Crippen molar-refractivity contribution >= 4 is 27.5 Å². The quantitative estimate of drug-likeness (QED) is 0.546. The lowest BCUT2D eigenvalue weighted by molar-refractivity contribution is 0.0945. The van der Waals surface area contributed by atoms with Crippen molar-refractivity contribution in [3.63, 3.8) is 0 Å². The number of nitrogens with zero attached hydrogens (tertiary/aromatic N) is 2. The van der Waals surface area contributed by atoms with Gasteiger partial charge >= 0.3 is 5.69 Å². The van der Waals surface area contributed by atoms with Gasteiger partial charge in [-0.25, -0.2) is 4.79 Å². The minimum absolute atomic E-state index is 0.103. The molecule has 0 amide bonds. The summed E-state index contributed by atoms with van der Waals surface area (Å²) in [6.45, 7) is -0.103. The third-order valence-electron chi connectivity index (χ3n) is 3.77. The van der Waals surface area contributed by atoms with E-state index in [4.69, 9.17) is 4.42 Å². The van der Waals surface area contributed by atoms with Crippen LogP contribution in [0, 0.1) is 0 Å². The van der Waals surface area contributed by atoms with E-state index in [1.165, 1.54) is 4.57 Å². The highest BCUT2D eigenvalue weighted by Gasteiger charge is 2.16. The first kappa shape index (κ1) is 13.5. The van der Waals surface area contributed by atoms with Gasteiger partial charge in [-0.3, -0.25) is 9.36 Å². The molecule has 0 N–H and O–H groups in total. The van der Waals surface area contributed by atoms with Crippen LogP contribution < -0.4 is 5.69 Å². The Morgan fingerprint density at radius 2 is 1.78 bits per heavy atom. The topological polar surface area (TPSA) is 65.1 Å². The summed E-state index contributed by atoms with van der Waals surface area (Å²) in [4.78, 5) is 28.6. The molecular formula is C18H12N2O3. The van der Waals surface area contributed by atoms with Crippen molar-refractivity contribution in [2.24, 2.45) is 0 Å². The molecule has 0 fully saturated rings. The van der Waals surface area contributed by atoms with Crippen LogP contribution in [-0.4, -0.2) is 15.3 Å². The lowest BCUT2D eigenvalue weighted by Crippen LogP contribution is -2.25. The van der Waals surface area contributed by atoms with Crippen molar-refractivity contribution in [3.05, 3.63) is 77.2 Å². The van der Waals surface area contributed by atoms with Gasteiger partial charge < -0.3 is 4.42 Å². The summed E-state index contributed by atoms with van der Waals surface area (Å²) >= 11 is 0. The first-order chi connectivity index (χ1) is 11.2.